The molecule has 0 bridgehead atoms. The first-order chi connectivity index (χ1) is 14.3. The summed E-state index contributed by atoms with van der Waals surface area (Å²) >= 11 is 0. The van der Waals surface area contributed by atoms with Gasteiger partial charge in [-0.1, -0.05) is 25.5 Å². The largest absolute Gasteiger partial charge is 0.307 e. The predicted molar refractivity (Wildman–Crippen MR) is 113 cm³/mol. The minimum atomic E-state index is -4.00. The molecule has 1 amide bonds. The Morgan fingerprint density at radius 3 is 2.70 bits per heavy atom. The molecule has 0 spiro atoms. The van der Waals surface area contributed by atoms with Gasteiger partial charge in [-0.2, -0.15) is 5.10 Å². The molecule has 7 nitrogen and oxygen atoms in total. The van der Waals surface area contributed by atoms with Crippen molar-refractivity contribution in [3.05, 3.63) is 71.7 Å². The Labute approximate surface area is 175 Å². The topological polar surface area (TPSA) is 93.1 Å². The zero-order valence-corrected chi connectivity index (χ0v) is 17.5. The van der Waals surface area contributed by atoms with Crippen molar-refractivity contribution < 1.29 is 17.6 Å². The highest BCUT2D eigenvalue weighted by molar-refractivity contribution is 7.92. The Kier molecular flexibility index (Phi) is 6.51. The highest BCUT2D eigenvalue weighted by Crippen LogP contribution is 2.20. The first kappa shape index (κ1) is 21.5. The van der Waals surface area contributed by atoms with Crippen molar-refractivity contribution >= 4 is 27.4 Å². The Morgan fingerprint density at radius 1 is 1.17 bits per heavy atom. The summed E-state index contributed by atoms with van der Waals surface area (Å²) in [6, 6.07) is 11.5. The van der Waals surface area contributed by atoms with Gasteiger partial charge in [-0.25, -0.2) is 17.5 Å². The lowest BCUT2D eigenvalue weighted by Gasteiger charge is -2.11. The number of hydrogen-bond acceptors (Lipinski definition) is 4. The fourth-order valence-corrected chi connectivity index (χ4v) is 3.85. The van der Waals surface area contributed by atoms with Gasteiger partial charge < -0.3 is 5.32 Å². The summed E-state index contributed by atoms with van der Waals surface area (Å²) in [6.07, 6.45) is 3.54. The van der Waals surface area contributed by atoms with Crippen molar-refractivity contribution in [2.75, 3.05) is 10.0 Å². The van der Waals surface area contributed by atoms with Crippen LogP contribution in [-0.4, -0.2) is 24.1 Å². The third kappa shape index (κ3) is 5.04. The maximum Gasteiger partial charge on any atom is 0.261 e. The molecule has 3 rings (SSSR count). The van der Waals surface area contributed by atoms with Gasteiger partial charge in [-0.3, -0.25) is 9.52 Å². The van der Waals surface area contributed by atoms with Gasteiger partial charge in [0.1, 0.15) is 11.6 Å². The van der Waals surface area contributed by atoms with Gasteiger partial charge in [-0.15, -0.1) is 0 Å². The molecule has 0 aliphatic heterocycles. The molecule has 2 N–H and O–H groups in total. The SMILES string of the molecule is CCCCn1nccc1NC(=O)c1cccc(NS(=O)(=O)c2ccc(C)c(F)c2)c1. The zero-order chi connectivity index (χ0) is 21.7. The smallest absolute Gasteiger partial charge is 0.261 e. The van der Waals surface area contributed by atoms with Crippen LogP contribution in [0, 0.1) is 12.7 Å². The first-order valence-corrected chi connectivity index (χ1v) is 11.0. The number of anilines is 2. The second-order valence-electron chi connectivity index (χ2n) is 6.84. The normalized spacial score (nSPS) is 11.3. The van der Waals surface area contributed by atoms with E-state index in [4.69, 9.17) is 0 Å². The first-order valence-electron chi connectivity index (χ1n) is 9.52. The summed E-state index contributed by atoms with van der Waals surface area (Å²) in [7, 11) is -4.00. The van der Waals surface area contributed by atoms with E-state index in [9.17, 15) is 17.6 Å². The molecule has 3 aromatic rings. The number of nitrogens with zero attached hydrogens (tertiary/aromatic N) is 2. The van der Waals surface area contributed by atoms with Gasteiger partial charge in [0, 0.05) is 23.9 Å². The van der Waals surface area contributed by atoms with Gasteiger partial charge in [-0.05, 0) is 49.2 Å². The van der Waals surface area contributed by atoms with Crippen molar-refractivity contribution in [3.8, 4) is 0 Å². The molecule has 1 heterocycles. The Balaban J connectivity index is 1.76. The number of halogens is 1. The standard InChI is InChI=1S/C21H23FN4O3S/c1-3-4-12-26-20(10-11-23-26)24-21(27)16-6-5-7-17(13-16)25-30(28,29)18-9-8-15(2)19(22)14-18/h5-11,13-14,25H,3-4,12H2,1-2H3,(H,24,27). The summed E-state index contributed by atoms with van der Waals surface area (Å²) < 4.78 is 43.0. The number of benzene rings is 2. The number of rotatable bonds is 8. The summed E-state index contributed by atoms with van der Waals surface area (Å²) in [6.45, 7) is 4.31. The van der Waals surface area contributed by atoms with Crippen LogP contribution in [0.15, 0.2) is 59.6 Å². The number of aryl methyl sites for hydroxylation is 2. The second kappa shape index (κ2) is 9.08. The number of sulfonamides is 1. The number of hydrogen-bond donors (Lipinski definition) is 2. The van der Waals surface area contributed by atoms with Crippen LogP contribution in [0.5, 0.6) is 0 Å². The van der Waals surface area contributed by atoms with Crippen LogP contribution in [0.25, 0.3) is 0 Å². The van der Waals surface area contributed by atoms with Crippen LogP contribution >= 0.6 is 0 Å². The van der Waals surface area contributed by atoms with Gasteiger partial charge in [0.05, 0.1) is 11.1 Å². The van der Waals surface area contributed by atoms with Crippen LogP contribution in [0.1, 0.15) is 35.7 Å². The fourth-order valence-electron chi connectivity index (χ4n) is 2.79. The fraction of sp³-hybridized carbons (Fsp3) is 0.238. The summed E-state index contributed by atoms with van der Waals surface area (Å²) in [4.78, 5) is 12.4. The van der Waals surface area contributed by atoms with E-state index in [-0.39, 0.29) is 16.1 Å². The molecule has 158 valence electrons. The molecule has 2 aromatic carbocycles. The summed E-state index contributed by atoms with van der Waals surface area (Å²) in [5.74, 6) is -0.434. The van der Waals surface area contributed by atoms with Gasteiger partial charge in [0.2, 0.25) is 0 Å². The lowest BCUT2D eigenvalue weighted by molar-refractivity contribution is 0.102. The quantitative estimate of drug-likeness (QED) is 0.561. The number of carbonyl (C=O) groups excluding carboxylic acids is 1. The van der Waals surface area contributed by atoms with Gasteiger partial charge in [0.25, 0.3) is 15.9 Å². The van der Waals surface area contributed by atoms with Crippen molar-refractivity contribution in [2.24, 2.45) is 0 Å². The van der Waals surface area contributed by atoms with Crippen LogP contribution in [0.4, 0.5) is 15.9 Å². The molecule has 0 fully saturated rings. The van der Waals surface area contributed by atoms with E-state index >= 15 is 0 Å². The molecule has 9 heteroatoms. The molecule has 0 saturated carbocycles. The highest BCUT2D eigenvalue weighted by atomic mass is 32.2. The molecule has 30 heavy (non-hydrogen) atoms. The molecule has 1 aromatic heterocycles. The third-order valence-electron chi connectivity index (χ3n) is 4.51. The predicted octanol–water partition coefficient (Wildman–Crippen LogP) is 4.18. The number of carbonyl (C=O) groups is 1. The van der Waals surface area contributed by atoms with E-state index in [1.807, 2.05) is 0 Å². The minimum Gasteiger partial charge on any atom is -0.307 e. The van der Waals surface area contributed by atoms with Gasteiger partial charge >= 0.3 is 0 Å². The molecule has 0 aliphatic rings. The molecule has 0 radical (unpaired) electrons. The van der Waals surface area contributed by atoms with E-state index in [1.54, 1.807) is 36.0 Å². The van der Waals surface area contributed by atoms with Crippen molar-refractivity contribution in [3.63, 3.8) is 0 Å². The maximum absolute atomic E-state index is 13.8. The average Bonchev–Trinajstić information content (AvgIpc) is 3.15. The lowest BCUT2D eigenvalue weighted by Crippen LogP contribution is -2.17. The molecule has 0 saturated heterocycles. The monoisotopic (exact) mass is 430 g/mol. The Morgan fingerprint density at radius 2 is 1.97 bits per heavy atom. The summed E-state index contributed by atoms with van der Waals surface area (Å²) in [5, 5.41) is 6.98. The van der Waals surface area contributed by atoms with Crippen LogP contribution in [-0.2, 0) is 16.6 Å². The minimum absolute atomic E-state index is 0.194. The third-order valence-corrected chi connectivity index (χ3v) is 5.89. The van der Waals surface area contributed by atoms with E-state index in [0.29, 0.717) is 17.9 Å². The van der Waals surface area contributed by atoms with Crippen LogP contribution in [0.3, 0.4) is 0 Å². The van der Waals surface area contributed by atoms with Crippen LogP contribution in [0.2, 0.25) is 0 Å². The van der Waals surface area contributed by atoms with E-state index in [0.717, 1.165) is 18.9 Å². The summed E-state index contributed by atoms with van der Waals surface area (Å²) in [5.41, 5.74) is 0.822. The van der Waals surface area contributed by atoms with E-state index < -0.39 is 21.7 Å². The van der Waals surface area contributed by atoms with Crippen molar-refractivity contribution in [2.45, 2.75) is 38.1 Å². The molecular weight excluding hydrogens is 407 g/mol. The lowest BCUT2D eigenvalue weighted by atomic mass is 10.2. The number of amides is 1. The van der Waals surface area contributed by atoms with E-state index in [2.05, 4.69) is 22.1 Å². The number of unbranched alkanes of at least 4 members (excludes halogenated alkanes) is 1. The highest BCUT2D eigenvalue weighted by Gasteiger charge is 2.17. The van der Waals surface area contributed by atoms with Crippen LogP contribution < -0.4 is 10.0 Å². The average molecular weight is 431 g/mol. The second-order valence-corrected chi connectivity index (χ2v) is 8.53. The maximum atomic E-state index is 13.8. The van der Waals surface area contributed by atoms with Crippen molar-refractivity contribution in [1.82, 2.24) is 9.78 Å². The van der Waals surface area contributed by atoms with Crippen molar-refractivity contribution in [1.29, 1.82) is 0 Å². The number of nitrogens with one attached hydrogen (secondary N) is 2. The molecule has 0 atom stereocenters. The molecule has 0 aliphatic carbocycles. The number of aromatic nitrogens is 2. The Hall–Kier alpha value is -3.20. The molecular formula is C21H23FN4O3S. The zero-order valence-electron chi connectivity index (χ0n) is 16.7. The Bertz CT molecular complexity index is 1160. The van der Waals surface area contributed by atoms with E-state index in [1.165, 1.54) is 24.3 Å². The van der Waals surface area contributed by atoms with Gasteiger partial charge in [0.15, 0.2) is 0 Å². The molecule has 0 unspecified atom stereocenters.